The van der Waals surface area contributed by atoms with Crippen LogP contribution >= 0.6 is 11.6 Å². The number of benzene rings is 2. The maximum Gasteiger partial charge on any atom is 0.241 e. The molecule has 0 aromatic heterocycles. The van der Waals surface area contributed by atoms with Gasteiger partial charge in [-0.1, -0.05) is 48.0 Å². The van der Waals surface area contributed by atoms with Gasteiger partial charge in [-0.25, -0.2) is 0 Å². The summed E-state index contributed by atoms with van der Waals surface area (Å²) in [6.45, 7) is 3.39. The van der Waals surface area contributed by atoms with Crippen molar-refractivity contribution in [1.29, 1.82) is 0 Å². The fourth-order valence-corrected chi connectivity index (χ4v) is 3.56. The second-order valence-corrected chi connectivity index (χ2v) is 7.15. The minimum atomic E-state index is -0.248. The third kappa shape index (κ3) is 4.51. The van der Waals surface area contributed by atoms with Crippen molar-refractivity contribution in [2.45, 2.75) is 25.8 Å². The van der Waals surface area contributed by atoms with Crippen LogP contribution in [-0.4, -0.2) is 35.7 Å². The van der Waals surface area contributed by atoms with E-state index in [1.807, 2.05) is 49.4 Å². The number of hydrogen-bond donors (Lipinski definition) is 1. The summed E-state index contributed by atoms with van der Waals surface area (Å²) in [4.78, 5) is 27.2. The normalized spacial score (nSPS) is 16.8. The topological polar surface area (TPSA) is 49.4 Å². The first-order valence-electron chi connectivity index (χ1n) is 8.94. The highest BCUT2D eigenvalue weighted by Gasteiger charge is 2.30. The molecule has 0 radical (unpaired) electrons. The standard InChI is InChI=1S/C21H23ClN2O2/c1-15(21(26)23-19-9-5-8-18(22)14-19)24-12-10-17(11-13-24)20(25)16-6-3-2-4-7-16/h2-9,14-15,17H,10-13H2,1H3,(H,23,26). The zero-order valence-electron chi connectivity index (χ0n) is 14.8. The van der Waals surface area contributed by atoms with E-state index in [1.54, 1.807) is 12.1 Å². The predicted octanol–water partition coefficient (Wildman–Crippen LogP) is 4.26. The molecule has 0 aliphatic carbocycles. The minimum absolute atomic E-state index is 0.0387. The Bertz CT molecular complexity index is 771. The molecule has 136 valence electrons. The average Bonchev–Trinajstić information content (AvgIpc) is 2.67. The third-order valence-electron chi connectivity index (χ3n) is 4.98. The molecule has 2 aromatic carbocycles. The lowest BCUT2D eigenvalue weighted by molar-refractivity contribution is -0.121. The van der Waals surface area contributed by atoms with Crippen LogP contribution in [0.3, 0.4) is 0 Å². The summed E-state index contributed by atoms with van der Waals surface area (Å²) in [6, 6.07) is 16.3. The number of anilines is 1. The molecule has 5 heteroatoms. The second-order valence-electron chi connectivity index (χ2n) is 6.72. The first kappa shape index (κ1) is 18.6. The molecule has 26 heavy (non-hydrogen) atoms. The van der Waals surface area contributed by atoms with Crippen molar-refractivity contribution in [3.05, 3.63) is 65.2 Å². The number of ketones is 1. The molecule has 3 rings (SSSR count). The van der Waals surface area contributed by atoms with Crippen molar-refractivity contribution in [1.82, 2.24) is 4.90 Å². The first-order chi connectivity index (χ1) is 12.5. The molecule has 1 aliphatic heterocycles. The molecule has 0 bridgehead atoms. The highest BCUT2D eigenvalue weighted by Crippen LogP contribution is 2.23. The van der Waals surface area contributed by atoms with Crippen LogP contribution in [0.15, 0.2) is 54.6 Å². The number of amides is 1. The van der Waals surface area contributed by atoms with Crippen LogP contribution in [-0.2, 0) is 4.79 Å². The van der Waals surface area contributed by atoms with Crippen molar-refractivity contribution >= 4 is 29.0 Å². The molecule has 1 saturated heterocycles. The second kappa shape index (κ2) is 8.47. The highest BCUT2D eigenvalue weighted by atomic mass is 35.5. The van der Waals surface area contributed by atoms with Crippen LogP contribution in [0.1, 0.15) is 30.1 Å². The maximum atomic E-state index is 12.6. The number of carbonyl (C=O) groups is 2. The molecule has 0 spiro atoms. The fraction of sp³-hybridized carbons (Fsp3) is 0.333. The molecule has 2 aromatic rings. The Kier molecular flexibility index (Phi) is 6.07. The molecular weight excluding hydrogens is 348 g/mol. The van der Waals surface area contributed by atoms with Crippen LogP contribution in [0.2, 0.25) is 5.02 Å². The van der Waals surface area contributed by atoms with E-state index < -0.39 is 0 Å². The lowest BCUT2D eigenvalue weighted by Gasteiger charge is -2.34. The average molecular weight is 371 g/mol. The van der Waals surface area contributed by atoms with E-state index in [2.05, 4.69) is 10.2 Å². The molecule has 0 saturated carbocycles. The van der Waals surface area contributed by atoms with Gasteiger partial charge in [0, 0.05) is 22.2 Å². The van der Waals surface area contributed by atoms with Crippen LogP contribution in [0, 0.1) is 5.92 Å². The quantitative estimate of drug-likeness (QED) is 0.800. The summed E-state index contributed by atoms with van der Waals surface area (Å²) in [6.07, 6.45) is 1.56. The number of nitrogens with zero attached hydrogens (tertiary/aromatic N) is 1. The molecule has 1 amide bonds. The number of halogens is 1. The summed E-state index contributed by atoms with van der Waals surface area (Å²) in [5.74, 6) is 0.193. The molecule has 1 unspecified atom stereocenters. The predicted molar refractivity (Wildman–Crippen MR) is 105 cm³/mol. The molecule has 1 fully saturated rings. The Morgan fingerprint density at radius 1 is 1.08 bits per heavy atom. The fourth-order valence-electron chi connectivity index (χ4n) is 3.37. The molecule has 1 N–H and O–H groups in total. The molecule has 1 heterocycles. The van der Waals surface area contributed by atoms with E-state index in [1.165, 1.54) is 0 Å². The monoisotopic (exact) mass is 370 g/mol. The lowest BCUT2D eigenvalue weighted by Crippen LogP contribution is -2.47. The van der Waals surface area contributed by atoms with Crippen molar-refractivity contribution in [3.8, 4) is 0 Å². The van der Waals surface area contributed by atoms with Crippen molar-refractivity contribution in [2.24, 2.45) is 5.92 Å². The Hall–Kier alpha value is -2.17. The lowest BCUT2D eigenvalue weighted by atomic mass is 9.88. The zero-order valence-corrected chi connectivity index (χ0v) is 15.6. The summed E-state index contributed by atoms with van der Waals surface area (Å²) >= 11 is 5.96. The Morgan fingerprint density at radius 2 is 1.77 bits per heavy atom. The smallest absolute Gasteiger partial charge is 0.241 e. The van der Waals surface area contributed by atoms with E-state index in [0.717, 1.165) is 31.5 Å². The Morgan fingerprint density at radius 3 is 2.42 bits per heavy atom. The Balaban J connectivity index is 1.54. The molecule has 4 nitrogen and oxygen atoms in total. The highest BCUT2D eigenvalue weighted by molar-refractivity contribution is 6.30. The van der Waals surface area contributed by atoms with Crippen molar-refractivity contribution in [2.75, 3.05) is 18.4 Å². The zero-order chi connectivity index (χ0) is 18.5. The minimum Gasteiger partial charge on any atom is -0.325 e. The van der Waals surface area contributed by atoms with Gasteiger partial charge < -0.3 is 5.32 Å². The van der Waals surface area contributed by atoms with E-state index in [9.17, 15) is 9.59 Å². The maximum absolute atomic E-state index is 12.6. The van der Waals surface area contributed by atoms with Gasteiger partial charge >= 0.3 is 0 Å². The molecule has 1 aliphatic rings. The van der Waals surface area contributed by atoms with Gasteiger partial charge in [0.2, 0.25) is 5.91 Å². The summed E-state index contributed by atoms with van der Waals surface area (Å²) < 4.78 is 0. The van der Waals surface area contributed by atoms with E-state index in [-0.39, 0.29) is 23.7 Å². The van der Waals surface area contributed by atoms with Gasteiger partial charge in [-0.2, -0.15) is 0 Å². The van der Waals surface area contributed by atoms with Crippen LogP contribution in [0.5, 0.6) is 0 Å². The van der Waals surface area contributed by atoms with Crippen LogP contribution in [0.4, 0.5) is 5.69 Å². The van der Waals surface area contributed by atoms with Crippen molar-refractivity contribution in [3.63, 3.8) is 0 Å². The number of piperidine rings is 1. The number of hydrogen-bond acceptors (Lipinski definition) is 3. The number of carbonyl (C=O) groups excluding carboxylic acids is 2. The summed E-state index contributed by atoms with van der Waals surface area (Å²) in [5, 5.41) is 3.50. The van der Waals surface area contributed by atoms with Gasteiger partial charge in [0.05, 0.1) is 6.04 Å². The Labute approximate surface area is 159 Å². The molecular formula is C21H23ClN2O2. The molecule has 1 atom stereocenters. The van der Waals surface area contributed by atoms with Gasteiger partial charge in [-0.15, -0.1) is 0 Å². The van der Waals surface area contributed by atoms with Crippen molar-refractivity contribution < 1.29 is 9.59 Å². The van der Waals surface area contributed by atoms with Crippen LogP contribution in [0.25, 0.3) is 0 Å². The number of Topliss-reactive ketones (excluding diaryl/α,β-unsaturated/α-hetero) is 1. The van der Waals surface area contributed by atoms with Gasteiger partial charge in [0.25, 0.3) is 0 Å². The van der Waals surface area contributed by atoms with Crippen LogP contribution < -0.4 is 5.32 Å². The number of rotatable bonds is 5. The van der Waals surface area contributed by atoms with Gasteiger partial charge in [-0.3, -0.25) is 14.5 Å². The van der Waals surface area contributed by atoms with Gasteiger partial charge in [-0.05, 0) is 51.1 Å². The largest absolute Gasteiger partial charge is 0.325 e. The summed E-state index contributed by atoms with van der Waals surface area (Å²) in [5.41, 5.74) is 1.47. The van der Waals surface area contributed by atoms with E-state index in [4.69, 9.17) is 11.6 Å². The van der Waals surface area contributed by atoms with E-state index >= 15 is 0 Å². The number of nitrogens with one attached hydrogen (secondary N) is 1. The third-order valence-corrected chi connectivity index (χ3v) is 5.21. The first-order valence-corrected chi connectivity index (χ1v) is 9.32. The summed E-state index contributed by atoms with van der Waals surface area (Å²) in [7, 11) is 0. The SMILES string of the molecule is CC(C(=O)Nc1cccc(Cl)c1)N1CCC(C(=O)c2ccccc2)CC1. The van der Waals surface area contributed by atoms with E-state index in [0.29, 0.717) is 10.7 Å². The number of likely N-dealkylation sites (tertiary alicyclic amines) is 1. The van der Waals surface area contributed by atoms with Gasteiger partial charge in [0.15, 0.2) is 5.78 Å². The van der Waals surface area contributed by atoms with Gasteiger partial charge in [0.1, 0.15) is 0 Å².